The Labute approximate surface area is 129 Å². The van der Waals surface area contributed by atoms with Crippen molar-refractivity contribution in [2.24, 2.45) is 0 Å². The molecule has 0 aliphatic rings. The number of nitrogens with two attached hydrogens (primary N) is 1. The molecule has 0 unspecified atom stereocenters. The summed E-state index contributed by atoms with van der Waals surface area (Å²) in [7, 11) is 3.45. The Morgan fingerprint density at radius 3 is 2.38 bits per heavy atom. The molecular formula is C16H20N2O2S. The second kappa shape index (κ2) is 6.18. The van der Waals surface area contributed by atoms with E-state index in [1.54, 1.807) is 14.1 Å². The molecule has 0 radical (unpaired) electrons. The number of carbonyl (C=O) groups is 1. The van der Waals surface area contributed by atoms with Crippen LogP contribution in [0.15, 0.2) is 29.6 Å². The van der Waals surface area contributed by atoms with E-state index in [1.165, 1.54) is 16.2 Å². The molecule has 0 aliphatic carbocycles. The topological polar surface area (TPSA) is 55.6 Å². The van der Waals surface area contributed by atoms with Gasteiger partial charge in [0.15, 0.2) is 0 Å². The minimum atomic E-state index is -0.0775. The Balaban J connectivity index is 2.37. The van der Waals surface area contributed by atoms with Crippen LogP contribution in [0.5, 0.6) is 5.75 Å². The van der Waals surface area contributed by atoms with Gasteiger partial charge in [0.1, 0.15) is 5.75 Å². The first-order valence-electron chi connectivity index (χ1n) is 6.76. The monoisotopic (exact) mass is 304 g/mol. The third-order valence-corrected chi connectivity index (χ3v) is 3.79. The minimum absolute atomic E-state index is 0.0775. The number of ether oxygens (including phenoxy) is 1. The molecule has 0 atom stereocenters. The van der Waals surface area contributed by atoms with Crippen molar-refractivity contribution in [1.82, 2.24) is 4.90 Å². The van der Waals surface area contributed by atoms with Gasteiger partial charge in [0.25, 0.3) is 5.91 Å². The van der Waals surface area contributed by atoms with Crippen LogP contribution in [0.2, 0.25) is 0 Å². The number of hydrogen-bond acceptors (Lipinski definition) is 4. The number of carbonyl (C=O) groups excluding carboxylic acids is 1. The SMILES string of the molecule is CC(C)Oc1ccc(-c2csc(N)c2C(=O)N(C)C)cc1. The maximum Gasteiger partial charge on any atom is 0.256 e. The maximum absolute atomic E-state index is 12.3. The zero-order valence-electron chi connectivity index (χ0n) is 12.7. The van der Waals surface area contributed by atoms with E-state index in [0.29, 0.717) is 10.6 Å². The van der Waals surface area contributed by atoms with Crippen LogP contribution in [0.3, 0.4) is 0 Å². The molecule has 0 saturated heterocycles. The Morgan fingerprint density at radius 2 is 1.86 bits per heavy atom. The molecule has 1 aromatic carbocycles. The average Bonchev–Trinajstić information content (AvgIpc) is 2.80. The molecule has 2 N–H and O–H groups in total. The largest absolute Gasteiger partial charge is 0.491 e. The normalized spacial score (nSPS) is 10.7. The van der Waals surface area contributed by atoms with E-state index >= 15 is 0 Å². The molecule has 1 amide bonds. The lowest BCUT2D eigenvalue weighted by atomic mass is 10.0. The lowest BCUT2D eigenvalue weighted by molar-refractivity contribution is 0.0830. The summed E-state index contributed by atoms with van der Waals surface area (Å²) in [6.45, 7) is 3.97. The van der Waals surface area contributed by atoms with Crippen molar-refractivity contribution < 1.29 is 9.53 Å². The van der Waals surface area contributed by atoms with Gasteiger partial charge in [-0.2, -0.15) is 0 Å². The van der Waals surface area contributed by atoms with Gasteiger partial charge in [-0.15, -0.1) is 11.3 Å². The number of benzene rings is 1. The number of anilines is 1. The molecular weight excluding hydrogens is 284 g/mol. The summed E-state index contributed by atoms with van der Waals surface area (Å²) in [4.78, 5) is 13.8. The van der Waals surface area contributed by atoms with Gasteiger partial charge in [0.2, 0.25) is 0 Å². The summed E-state index contributed by atoms with van der Waals surface area (Å²) in [5.41, 5.74) is 8.36. The zero-order valence-corrected chi connectivity index (χ0v) is 13.5. The van der Waals surface area contributed by atoms with E-state index in [1.807, 2.05) is 43.5 Å². The summed E-state index contributed by atoms with van der Waals surface area (Å²) in [6, 6.07) is 7.72. The van der Waals surface area contributed by atoms with Crippen molar-refractivity contribution in [2.45, 2.75) is 20.0 Å². The maximum atomic E-state index is 12.3. The van der Waals surface area contributed by atoms with Crippen molar-refractivity contribution in [3.05, 3.63) is 35.2 Å². The molecule has 0 aliphatic heterocycles. The number of thiophene rings is 1. The molecule has 5 heteroatoms. The van der Waals surface area contributed by atoms with Crippen LogP contribution in [0, 0.1) is 0 Å². The quantitative estimate of drug-likeness (QED) is 0.940. The molecule has 0 spiro atoms. The average molecular weight is 304 g/mol. The Hall–Kier alpha value is -2.01. The molecule has 2 aromatic rings. The first-order chi connectivity index (χ1) is 9.90. The van der Waals surface area contributed by atoms with Gasteiger partial charge in [-0.25, -0.2) is 0 Å². The minimum Gasteiger partial charge on any atom is -0.491 e. The Bertz CT molecular complexity index is 630. The molecule has 2 rings (SSSR count). The van der Waals surface area contributed by atoms with Crippen LogP contribution < -0.4 is 10.5 Å². The predicted molar refractivity (Wildman–Crippen MR) is 87.9 cm³/mol. The number of rotatable bonds is 4. The summed E-state index contributed by atoms with van der Waals surface area (Å²) >= 11 is 1.39. The molecule has 0 bridgehead atoms. The highest BCUT2D eigenvalue weighted by atomic mass is 32.1. The number of hydrogen-bond donors (Lipinski definition) is 1. The van der Waals surface area contributed by atoms with Crippen LogP contribution in [0.4, 0.5) is 5.00 Å². The fourth-order valence-electron chi connectivity index (χ4n) is 2.01. The molecule has 0 saturated carbocycles. The zero-order chi connectivity index (χ0) is 15.6. The van der Waals surface area contributed by atoms with Crippen LogP contribution in [-0.4, -0.2) is 31.0 Å². The Kier molecular flexibility index (Phi) is 4.53. The number of amides is 1. The molecule has 4 nitrogen and oxygen atoms in total. The highest BCUT2D eigenvalue weighted by Crippen LogP contribution is 2.35. The summed E-state index contributed by atoms with van der Waals surface area (Å²) in [6.07, 6.45) is 0.138. The van der Waals surface area contributed by atoms with Crippen molar-refractivity contribution in [2.75, 3.05) is 19.8 Å². The lowest BCUT2D eigenvalue weighted by Gasteiger charge is -2.13. The van der Waals surface area contributed by atoms with Gasteiger partial charge < -0.3 is 15.4 Å². The fraction of sp³-hybridized carbons (Fsp3) is 0.312. The van der Waals surface area contributed by atoms with Gasteiger partial charge in [-0.05, 0) is 31.5 Å². The lowest BCUT2D eigenvalue weighted by Crippen LogP contribution is -2.22. The molecule has 0 fully saturated rings. The van der Waals surface area contributed by atoms with Gasteiger partial charge in [0, 0.05) is 25.0 Å². The highest BCUT2D eigenvalue weighted by molar-refractivity contribution is 7.15. The molecule has 1 heterocycles. The van der Waals surface area contributed by atoms with Gasteiger partial charge in [0.05, 0.1) is 16.7 Å². The second-order valence-electron chi connectivity index (χ2n) is 5.28. The standard InChI is InChI=1S/C16H20N2O2S/c1-10(2)20-12-7-5-11(6-8-12)13-9-21-15(17)14(13)16(19)18(3)4/h5-10H,17H2,1-4H3. The van der Waals surface area contributed by atoms with E-state index in [0.717, 1.165) is 16.9 Å². The predicted octanol–water partition coefficient (Wildman–Crippen LogP) is 3.49. The highest BCUT2D eigenvalue weighted by Gasteiger charge is 2.20. The summed E-state index contributed by atoms with van der Waals surface area (Å²) in [5.74, 6) is 0.740. The van der Waals surface area contributed by atoms with E-state index in [9.17, 15) is 4.79 Å². The molecule has 112 valence electrons. The molecule has 1 aromatic heterocycles. The van der Waals surface area contributed by atoms with Crippen molar-refractivity contribution >= 4 is 22.2 Å². The fourth-order valence-corrected chi connectivity index (χ4v) is 2.83. The van der Waals surface area contributed by atoms with E-state index in [-0.39, 0.29) is 12.0 Å². The van der Waals surface area contributed by atoms with E-state index < -0.39 is 0 Å². The van der Waals surface area contributed by atoms with Crippen LogP contribution in [0.25, 0.3) is 11.1 Å². The van der Waals surface area contributed by atoms with Crippen LogP contribution in [0.1, 0.15) is 24.2 Å². The van der Waals surface area contributed by atoms with Gasteiger partial charge in [-0.3, -0.25) is 4.79 Å². The Morgan fingerprint density at radius 1 is 1.24 bits per heavy atom. The molecule has 21 heavy (non-hydrogen) atoms. The summed E-state index contributed by atoms with van der Waals surface area (Å²) in [5, 5.41) is 2.47. The smallest absolute Gasteiger partial charge is 0.256 e. The first kappa shape index (κ1) is 15.4. The van der Waals surface area contributed by atoms with E-state index in [2.05, 4.69) is 0 Å². The number of nitrogen functional groups attached to an aromatic ring is 1. The van der Waals surface area contributed by atoms with Crippen LogP contribution in [-0.2, 0) is 0 Å². The van der Waals surface area contributed by atoms with Gasteiger partial charge in [-0.1, -0.05) is 12.1 Å². The summed E-state index contributed by atoms with van der Waals surface area (Å²) < 4.78 is 5.63. The van der Waals surface area contributed by atoms with Crippen molar-refractivity contribution in [1.29, 1.82) is 0 Å². The van der Waals surface area contributed by atoms with E-state index in [4.69, 9.17) is 10.5 Å². The van der Waals surface area contributed by atoms with Crippen molar-refractivity contribution in [3.8, 4) is 16.9 Å². The third-order valence-electron chi connectivity index (χ3n) is 2.98. The van der Waals surface area contributed by atoms with Crippen molar-refractivity contribution in [3.63, 3.8) is 0 Å². The second-order valence-corrected chi connectivity index (χ2v) is 6.19. The first-order valence-corrected chi connectivity index (χ1v) is 7.63. The van der Waals surface area contributed by atoms with Crippen LogP contribution >= 0.6 is 11.3 Å². The number of nitrogens with zero attached hydrogens (tertiary/aromatic N) is 1. The third kappa shape index (κ3) is 3.36. The van der Waals surface area contributed by atoms with Gasteiger partial charge >= 0.3 is 0 Å².